The first-order valence-electron chi connectivity index (χ1n) is 7.69. The molecule has 0 aliphatic rings. The maximum Gasteiger partial charge on any atom is 0.153 e. The molecule has 4 aromatic rings. The van der Waals surface area contributed by atoms with Gasteiger partial charge in [0.25, 0.3) is 0 Å². The fraction of sp³-hybridized carbons (Fsp3) is 0. The van der Waals surface area contributed by atoms with Gasteiger partial charge in [0, 0.05) is 23.1 Å². The number of hydrogen-bond acceptors (Lipinski definition) is 2. The van der Waals surface area contributed by atoms with Gasteiger partial charge < -0.3 is 0 Å². The number of fused-ring (bicyclic) bond motifs is 1. The second-order valence-corrected chi connectivity index (χ2v) is 5.69. The molecular weight excluding hydrogens is 344 g/mol. The Balaban J connectivity index is 2.03. The first-order valence-corrected chi connectivity index (χ1v) is 7.69. The Morgan fingerprint density at radius 3 is 2.23 bits per heavy atom. The van der Waals surface area contributed by atoms with Crippen LogP contribution in [0.3, 0.4) is 0 Å². The minimum Gasteiger partial charge on any atom is -0.248 e. The van der Waals surface area contributed by atoms with Gasteiger partial charge in [0.1, 0.15) is 23.1 Å². The van der Waals surface area contributed by atoms with Crippen LogP contribution in [-0.4, -0.2) is 9.97 Å². The maximum absolute atomic E-state index is 14.3. The summed E-state index contributed by atoms with van der Waals surface area (Å²) in [6.45, 7) is 0. The van der Waals surface area contributed by atoms with Gasteiger partial charge in [-0.1, -0.05) is 24.3 Å². The van der Waals surface area contributed by atoms with E-state index in [1.54, 1.807) is 30.3 Å². The molecule has 26 heavy (non-hydrogen) atoms. The second kappa shape index (κ2) is 6.22. The molecule has 0 atom stereocenters. The fourth-order valence-electron chi connectivity index (χ4n) is 2.81. The molecule has 0 N–H and O–H groups in total. The van der Waals surface area contributed by atoms with Crippen LogP contribution in [0.2, 0.25) is 0 Å². The average Bonchev–Trinajstić information content (AvgIpc) is 2.61. The van der Waals surface area contributed by atoms with Crippen LogP contribution in [0.15, 0.2) is 60.8 Å². The summed E-state index contributed by atoms with van der Waals surface area (Å²) in [5.41, 5.74) is 0.272. The maximum atomic E-state index is 14.3. The Kier molecular flexibility index (Phi) is 3.88. The van der Waals surface area contributed by atoms with Crippen LogP contribution in [0.4, 0.5) is 17.6 Å². The van der Waals surface area contributed by atoms with Crippen LogP contribution >= 0.6 is 0 Å². The highest BCUT2D eigenvalue weighted by molar-refractivity contribution is 5.96. The molecule has 0 fully saturated rings. The van der Waals surface area contributed by atoms with E-state index in [-0.39, 0.29) is 22.6 Å². The second-order valence-electron chi connectivity index (χ2n) is 5.69. The molecule has 0 saturated heterocycles. The molecule has 0 unspecified atom stereocenters. The molecule has 0 bridgehead atoms. The van der Waals surface area contributed by atoms with Crippen LogP contribution in [-0.2, 0) is 0 Å². The summed E-state index contributed by atoms with van der Waals surface area (Å²) in [6.07, 6.45) is 0.882. The van der Waals surface area contributed by atoms with Crippen molar-refractivity contribution < 1.29 is 17.6 Å². The van der Waals surface area contributed by atoms with Crippen molar-refractivity contribution in [2.24, 2.45) is 0 Å². The SMILES string of the molecule is Fc1ccc(-c2nc(-c3ncc(F)cc3F)cc3ccccc23)c(F)c1. The van der Waals surface area contributed by atoms with Gasteiger partial charge in [-0.15, -0.1) is 0 Å². The molecule has 0 aliphatic heterocycles. The third kappa shape index (κ3) is 2.79. The van der Waals surface area contributed by atoms with Gasteiger partial charge in [0.15, 0.2) is 5.82 Å². The Bertz CT molecular complexity index is 1140. The molecule has 0 saturated carbocycles. The molecule has 0 spiro atoms. The number of halogens is 4. The van der Waals surface area contributed by atoms with E-state index in [0.717, 1.165) is 18.3 Å². The summed E-state index contributed by atoms with van der Waals surface area (Å²) >= 11 is 0. The van der Waals surface area contributed by atoms with E-state index in [2.05, 4.69) is 9.97 Å². The molecule has 6 heteroatoms. The highest BCUT2D eigenvalue weighted by Crippen LogP contribution is 2.32. The van der Waals surface area contributed by atoms with E-state index in [1.807, 2.05) is 0 Å². The molecule has 2 heterocycles. The van der Waals surface area contributed by atoms with Gasteiger partial charge in [0.2, 0.25) is 0 Å². The van der Waals surface area contributed by atoms with Crippen LogP contribution < -0.4 is 0 Å². The number of pyridine rings is 2. The molecule has 2 aromatic heterocycles. The van der Waals surface area contributed by atoms with Crippen LogP contribution in [0.1, 0.15) is 0 Å². The van der Waals surface area contributed by atoms with Crippen molar-refractivity contribution in [3.8, 4) is 22.6 Å². The van der Waals surface area contributed by atoms with E-state index < -0.39 is 23.3 Å². The smallest absolute Gasteiger partial charge is 0.153 e. The highest BCUT2D eigenvalue weighted by atomic mass is 19.1. The Hall–Kier alpha value is -3.28. The molecule has 2 aromatic carbocycles. The predicted octanol–water partition coefficient (Wildman–Crippen LogP) is 5.52. The minimum absolute atomic E-state index is 0.0759. The number of hydrogen-bond donors (Lipinski definition) is 0. The minimum atomic E-state index is -0.877. The summed E-state index contributed by atoms with van der Waals surface area (Å²) in [6, 6.07) is 12.5. The van der Waals surface area contributed by atoms with Crippen molar-refractivity contribution in [3.63, 3.8) is 0 Å². The van der Waals surface area contributed by atoms with Crippen molar-refractivity contribution in [2.45, 2.75) is 0 Å². The largest absolute Gasteiger partial charge is 0.248 e. The summed E-state index contributed by atoms with van der Waals surface area (Å²) in [5, 5.41) is 1.28. The van der Waals surface area contributed by atoms with Crippen LogP contribution in [0.5, 0.6) is 0 Å². The monoisotopic (exact) mass is 354 g/mol. The first kappa shape index (κ1) is 16.2. The van der Waals surface area contributed by atoms with E-state index in [4.69, 9.17) is 0 Å². The number of nitrogens with zero attached hydrogens (tertiary/aromatic N) is 2. The van der Waals surface area contributed by atoms with E-state index >= 15 is 0 Å². The number of aromatic nitrogens is 2. The Morgan fingerprint density at radius 1 is 0.692 bits per heavy atom. The van der Waals surface area contributed by atoms with Gasteiger partial charge >= 0.3 is 0 Å². The molecule has 128 valence electrons. The third-order valence-corrected chi connectivity index (χ3v) is 3.98. The Morgan fingerprint density at radius 2 is 1.46 bits per heavy atom. The summed E-state index contributed by atoms with van der Waals surface area (Å²) in [4.78, 5) is 8.09. The van der Waals surface area contributed by atoms with Gasteiger partial charge in [-0.2, -0.15) is 0 Å². The lowest BCUT2D eigenvalue weighted by Crippen LogP contribution is -1.97. The lowest BCUT2D eigenvalue weighted by atomic mass is 10.0. The van der Waals surface area contributed by atoms with E-state index in [0.29, 0.717) is 16.8 Å². The van der Waals surface area contributed by atoms with Crippen molar-refractivity contribution in [2.75, 3.05) is 0 Å². The zero-order valence-corrected chi connectivity index (χ0v) is 13.2. The fourth-order valence-corrected chi connectivity index (χ4v) is 2.81. The third-order valence-electron chi connectivity index (χ3n) is 3.98. The normalized spacial score (nSPS) is 11.1. The molecule has 0 amide bonds. The van der Waals surface area contributed by atoms with Gasteiger partial charge in [-0.05, 0) is 23.6 Å². The molecular formula is C20H10F4N2. The Labute approximate surface area is 145 Å². The summed E-state index contributed by atoms with van der Waals surface area (Å²) < 4.78 is 54.8. The zero-order chi connectivity index (χ0) is 18.3. The van der Waals surface area contributed by atoms with Crippen molar-refractivity contribution in [1.82, 2.24) is 9.97 Å². The molecule has 0 radical (unpaired) electrons. The van der Waals surface area contributed by atoms with Gasteiger partial charge in [-0.3, -0.25) is 0 Å². The van der Waals surface area contributed by atoms with Crippen LogP contribution in [0, 0.1) is 23.3 Å². The number of benzene rings is 2. The van der Waals surface area contributed by atoms with Gasteiger partial charge in [0.05, 0.1) is 17.6 Å². The van der Waals surface area contributed by atoms with Crippen molar-refractivity contribution in [1.29, 1.82) is 0 Å². The number of rotatable bonds is 2. The van der Waals surface area contributed by atoms with Crippen LogP contribution in [0.25, 0.3) is 33.4 Å². The highest BCUT2D eigenvalue weighted by Gasteiger charge is 2.16. The molecule has 0 aliphatic carbocycles. The molecule has 4 rings (SSSR count). The van der Waals surface area contributed by atoms with Crippen molar-refractivity contribution >= 4 is 10.8 Å². The lowest BCUT2D eigenvalue weighted by Gasteiger charge is -2.11. The summed E-state index contributed by atoms with van der Waals surface area (Å²) in [5.74, 6) is -3.18. The predicted molar refractivity (Wildman–Crippen MR) is 90.2 cm³/mol. The standard InChI is InChI=1S/C20H10F4N2/c21-12-5-6-15(16(23)8-12)19-14-4-2-1-3-11(14)7-18(26-19)20-17(24)9-13(22)10-25-20/h1-10H. The van der Waals surface area contributed by atoms with E-state index in [9.17, 15) is 17.6 Å². The van der Waals surface area contributed by atoms with Crippen molar-refractivity contribution in [3.05, 3.63) is 84.1 Å². The molecule has 2 nitrogen and oxygen atoms in total. The summed E-state index contributed by atoms with van der Waals surface area (Å²) in [7, 11) is 0. The van der Waals surface area contributed by atoms with Gasteiger partial charge in [-0.25, -0.2) is 27.5 Å². The first-order chi connectivity index (χ1) is 12.5. The average molecular weight is 354 g/mol. The quantitative estimate of drug-likeness (QED) is 0.443. The van der Waals surface area contributed by atoms with E-state index in [1.165, 1.54) is 6.07 Å². The zero-order valence-electron chi connectivity index (χ0n) is 13.2. The topological polar surface area (TPSA) is 25.8 Å². The lowest BCUT2D eigenvalue weighted by molar-refractivity contribution is 0.576.